The first-order valence-electron chi connectivity index (χ1n) is 12.9. The molecule has 0 aliphatic heterocycles. The first-order chi connectivity index (χ1) is 16.9. The van der Waals surface area contributed by atoms with Gasteiger partial charge in [-0.25, -0.2) is 0 Å². The van der Waals surface area contributed by atoms with Crippen LogP contribution < -0.4 is 9.58 Å². The van der Waals surface area contributed by atoms with Crippen molar-refractivity contribution in [1.82, 2.24) is 9.97 Å². The van der Waals surface area contributed by atoms with Gasteiger partial charge in [0, 0.05) is 26.3 Å². The van der Waals surface area contributed by atoms with E-state index < -0.39 is 21.3 Å². The standard InChI is InChI=1S/C18H24NSi.C14H16GeN.Ir/c1-14(2)11-16-12-17(15-9-7-6-8-10-15)19-13-18(16)20(3,4)5;1-15(2,3)13-9-10-14(16-11-13)12-7-5-4-6-8-12;/h6-9,12-14H,11H2,1-5H3;4-7,9-11H,1-3H3;/q2*-1;. The molecule has 0 saturated carbocycles. The predicted octanol–water partition coefficient (Wildman–Crippen LogP) is 7.38. The summed E-state index contributed by atoms with van der Waals surface area (Å²) in [6.45, 7) is 11.7. The molecule has 0 fully saturated rings. The first-order valence-corrected chi connectivity index (χ1v) is 23.7. The van der Waals surface area contributed by atoms with Gasteiger partial charge in [0.2, 0.25) is 0 Å². The molecule has 0 spiro atoms. The van der Waals surface area contributed by atoms with Crippen molar-refractivity contribution in [3.8, 4) is 22.5 Å². The maximum absolute atomic E-state index is 4.69. The van der Waals surface area contributed by atoms with Gasteiger partial charge in [-0.05, 0) is 23.2 Å². The number of aromatic nitrogens is 2. The van der Waals surface area contributed by atoms with Gasteiger partial charge in [-0.15, -0.1) is 35.9 Å². The molecule has 2 aromatic heterocycles. The zero-order valence-electron chi connectivity index (χ0n) is 23.5. The SMILES string of the molecule is CC(C)Cc1cc(-c2[c-]cccc2)ncc1[Si](C)(C)C.[CH3][Ge]([CH3])([CH3])[c]1ccc(-c2[c-]cccc2)nc1.[Ir]. The van der Waals surface area contributed by atoms with Gasteiger partial charge in [0.25, 0.3) is 0 Å². The summed E-state index contributed by atoms with van der Waals surface area (Å²) < 4.78 is 1.44. The van der Waals surface area contributed by atoms with Crippen molar-refractivity contribution in [3.63, 3.8) is 0 Å². The quantitative estimate of drug-likeness (QED) is 0.152. The molecule has 0 saturated heterocycles. The molecule has 5 heteroatoms. The van der Waals surface area contributed by atoms with E-state index in [1.807, 2.05) is 48.7 Å². The van der Waals surface area contributed by atoms with Gasteiger partial charge in [0.15, 0.2) is 0 Å². The van der Waals surface area contributed by atoms with E-state index in [0.29, 0.717) is 5.92 Å². The van der Waals surface area contributed by atoms with Crippen molar-refractivity contribution in [3.05, 3.63) is 96.8 Å². The topological polar surface area (TPSA) is 25.8 Å². The summed E-state index contributed by atoms with van der Waals surface area (Å²) in [5.74, 6) is 7.81. The van der Waals surface area contributed by atoms with Crippen LogP contribution in [0, 0.1) is 18.1 Å². The summed E-state index contributed by atoms with van der Waals surface area (Å²) in [4.78, 5) is 9.22. The average Bonchev–Trinajstić information content (AvgIpc) is 2.84. The largest absolute Gasteiger partial charge is 0 e. The van der Waals surface area contributed by atoms with Crippen LogP contribution in [-0.2, 0) is 26.5 Å². The summed E-state index contributed by atoms with van der Waals surface area (Å²) in [6, 6.07) is 29.1. The van der Waals surface area contributed by atoms with Crippen molar-refractivity contribution in [2.75, 3.05) is 0 Å². The Kier molecular flexibility index (Phi) is 11.7. The number of rotatable bonds is 6. The molecule has 37 heavy (non-hydrogen) atoms. The molecule has 2 heterocycles. The van der Waals surface area contributed by atoms with E-state index >= 15 is 0 Å². The first kappa shape index (κ1) is 31.4. The van der Waals surface area contributed by atoms with Crippen LogP contribution in [0.3, 0.4) is 0 Å². The summed E-state index contributed by atoms with van der Waals surface area (Å²) >= 11 is -1.72. The van der Waals surface area contributed by atoms with Crippen molar-refractivity contribution < 1.29 is 20.1 Å². The molecule has 0 bridgehead atoms. The third kappa shape index (κ3) is 9.44. The Hall–Kier alpha value is -1.85. The summed E-state index contributed by atoms with van der Waals surface area (Å²) in [5, 5.41) is 1.49. The molecule has 0 atom stereocenters. The van der Waals surface area contributed by atoms with E-state index in [9.17, 15) is 0 Å². The summed E-state index contributed by atoms with van der Waals surface area (Å²) in [7, 11) is -1.34. The molecule has 4 aromatic rings. The third-order valence-corrected chi connectivity index (χ3v) is 12.3. The Labute approximate surface area is 242 Å². The molecular weight excluding hydrogens is 705 g/mol. The van der Waals surface area contributed by atoms with Gasteiger partial charge in [-0.1, -0.05) is 45.1 Å². The Morgan fingerprint density at radius 3 is 1.78 bits per heavy atom. The molecule has 0 unspecified atom stereocenters. The minimum absolute atomic E-state index is 0. The second kappa shape index (κ2) is 13.8. The summed E-state index contributed by atoms with van der Waals surface area (Å²) in [6.07, 6.45) is 5.28. The van der Waals surface area contributed by atoms with Crippen molar-refractivity contribution in [1.29, 1.82) is 0 Å². The fraction of sp³-hybridized carbons (Fsp3) is 0.312. The molecular formula is C32H40GeIrN2Si-2. The molecule has 0 aliphatic carbocycles. The predicted molar refractivity (Wildman–Crippen MR) is 162 cm³/mol. The van der Waals surface area contributed by atoms with E-state index in [1.54, 1.807) is 0 Å². The number of nitrogens with zero attached hydrogens (tertiary/aromatic N) is 2. The van der Waals surface area contributed by atoms with Crippen LogP contribution >= 0.6 is 0 Å². The second-order valence-electron chi connectivity index (χ2n) is 11.8. The molecule has 2 aromatic carbocycles. The van der Waals surface area contributed by atoms with Gasteiger partial charge in [-0.3, -0.25) is 0 Å². The zero-order chi connectivity index (χ0) is 26.3. The normalized spacial score (nSPS) is 11.4. The molecule has 0 N–H and O–H groups in total. The third-order valence-electron chi connectivity index (χ3n) is 6.03. The monoisotopic (exact) mass is 747 g/mol. The molecule has 0 aliphatic rings. The fourth-order valence-electron chi connectivity index (χ4n) is 4.03. The van der Waals surface area contributed by atoms with E-state index in [0.717, 1.165) is 28.9 Å². The van der Waals surface area contributed by atoms with Gasteiger partial charge in [-0.2, -0.15) is 0 Å². The van der Waals surface area contributed by atoms with Gasteiger partial charge in [0.05, 0.1) is 8.07 Å². The molecule has 2 nitrogen and oxygen atoms in total. The fourth-order valence-corrected chi connectivity index (χ4v) is 7.79. The Morgan fingerprint density at radius 1 is 0.784 bits per heavy atom. The summed E-state index contributed by atoms with van der Waals surface area (Å²) in [5.41, 5.74) is 5.68. The van der Waals surface area contributed by atoms with E-state index in [1.165, 1.54) is 15.1 Å². The van der Waals surface area contributed by atoms with Gasteiger partial charge >= 0.3 is 99.8 Å². The van der Waals surface area contributed by atoms with E-state index in [4.69, 9.17) is 0 Å². The van der Waals surface area contributed by atoms with Crippen molar-refractivity contribution >= 4 is 30.9 Å². The van der Waals surface area contributed by atoms with Crippen molar-refractivity contribution in [2.24, 2.45) is 5.92 Å². The zero-order valence-corrected chi connectivity index (χ0v) is 29.0. The maximum atomic E-state index is 4.69. The van der Waals surface area contributed by atoms with Gasteiger partial charge < -0.3 is 4.98 Å². The van der Waals surface area contributed by atoms with Crippen LogP contribution in [0.4, 0.5) is 0 Å². The number of hydrogen-bond acceptors (Lipinski definition) is 2. The van der Waals surface area contributed by atoms with Crippen LogP contribution in [0.2, 0.25) is 36.9 Å². The molecule has 197 valence electrons. The number of hydrogen-bond donors (Lipinski definition) is 0. The number of benzene rings is 2. The van der Waals surface area contributed by atoms with Crippen molar-refractivity contribution in [2.45, 2.75) is 57.2 Å². The van der Waals surface area contributed by atoms with Crippen LogP contribution in [0.1, 0.15) is 19.4 Å². The van der Waals surface area contributed by atoms with Crippen LogP contribution in [-0.4, -0.2) is 31.3 Å². The Balaban J connectivity index is 0.000000259. The number of pyridine rings is 2. The Morgan fingerprint density at radius 2 is 1.35 bits per heavy atom. The van der Waals surface area contributed by atoms with Crippen LogP contribution in [0.25, 0.3) is 22.5 Å². The maximum Gasteiger partial charge on any atom is 0 e. The molecule has 4 rings (SSSR count). The molecule has 0 amide bonds. The second-order valence-corrected chi connectivity index (χ2v) is 27.5. The smallest absolute Gasteiger partial charge is 0 e. The average molecular weight is 746 g/mol. The van der Waals surface area contributed by atoms with E-state index in [-0.39, 0.29) is 20.1 Å². The minimum Gasteiger partial charge on any atom is 0 e. The van der Waals surface area contributed by atoms with Crippen LogP contribution in [0.5, 0.6) is 0 Å². The van der Waals surface area contributed by atoms with Gasteiger partial charge in [0.1, 0.15) is 0 Å². The van der Waals surface area contributed by atoms with Crippen LogP contribution in [0.15, 0.2) is 79.1 Å². The van der Waals surface area contributed by atoms with E-state index in [2.05, 4.69) is 103 Å². The molecule has 1 radical (unpaired) electrons. The Bertz CT molecular complexity index is 1230. The minimum atomic E-state index is -1.72.